The number of carbonyl (C=O) groups excluding carboxylic acids is 1. The molecule has 134 valence electrons. The average molecular weight is 353 g/mol. The third kappa shape index (κ3) is 3.34. The molecule has 0 saturated heterocycles. The zero-order valence-electron chi connectivity index (χ0n) is 14.3. The Morgan fingerprint density at radius 3 is 2.92 bits per heavy atom. The minimum absolute atomic E-state index is 0.0650. The Morgan fingerprint density at radius 2 is 2.04 bits per heavy atom. The summed E-state index contributed by atoms with van der Waals surface area (Å²) < 4.78 is 16.8. The average Bonchev–Trinajstić information content (AvgIpc) is 3.09. The lowest BCUT2D eigenvalue weighted by atomic mass is 10.1. The molecule has 26 heavy (non-hydrogen) atoms. The molecule has 7 nitrogen and oxygen atoms in total. The first-order valence-electron chi connectivity index (χ1n) is 8.36. The molecule has 1 unspecified atom stereocenters. The second kappa shape index (κ2) is 7.05. The summed E-state index contributed by atoms with van der Waals surface area (Å²) in [6, 6.07) is 13.3. The van der Waals surface area contributed by atoms with Gasteiger partial charge in [0.25, 0.3) is 5.91 Å². The van der Waals surface area contributed by atoms with Gasteiger partial charge in [-0.15, -0.1) is 0 Å². The number of amides is 1. The molecule has 2 heterocycles. The van der Waals surface area contributed by atoms with Gasteiger partial charge in [0.1, 0.15) is 29.9 Å². The van der Waals surface area contributed by atoms with Gasteiger partial charge in [-0.05, 0) is 30.3 Å². The Balaban J connectivity index is 1.76. The minimum Gasteiger partial charge on any atom is -0.491 e. The van der Waals surface area contributed by atoms with Crippen LogP contribution in [0.25, 0.3) is 22.2 Å². The molecular weight excluding hydrogens is 334 g/mol. The van der Waals surface area contributed by atoms with Crippen molar-refractivity contribution in [2.24, 2.45) is 0 Å². The van der Waals surface area contributed by atoms with Gasteiger partial charge in [0.15, 0.2) is 6.61 Å². The molecule has 2 N–H and O–H groups in total. The van der Waals surface area contributed by atoms with Gasteiger partial charge in [-0.1, -0.05) is 12.1 Å². The van der Waals surface area contributed by atoms with Crippen molar-refractivity contribution in [2.75, 3.05) is 26.9 Å². The second-order valence-corrected chi connectivity index (χ2v) is 6.07. The molecule has 1 aliphatic rings. The third-order valence-corrected chi connectivity index (χ3v) is 4.31. The number of rotatable bonds is 1. The predicted octanol–water partition coefficient (Wildman–Crippen LogP) is 2.13. The van der Waals surface area contributed by atoms with Gasteiger partial charge >= 0.3 is 0 Å². The van der Waals surface area contributed by atoms with E-state index in [0.29, 0.717) is 18.9 Å². The maximum Gasteiger partial charge on any atom is 0.258 e. The SMILES string of the molecule is COC1CNC(=O)COc2cccc(c2)-c2n[nH]c3ccc(cc23)OC1. The number of nitrogens with one attached hydrogen (secondary N) is 2. The van der Waals surface area contributed by atoms with Crippen LogP contribution in [-0.4, -0.2) is 49.1 Å². The summed E-state index contributed by atoms with van der Waals surface area (Å²) in [4.78, 5) is 12.0. The van der Waals surface area contributed by atoms with E-state index in [9.17, 15) is 4.79 Å². The van der Waals surface area contributed by atoms with Crippen molar-refractivity contribution < 1.29 is 19.0 Å². The topological polar surface area (TPSA) is 85.5 Å². The highest BCUT2D eigenvalue weighted by molar-refractivity contribution is 5.94. The number of methoxy groups -OCH3 is 1. The number of aromatic amines is 1. The highest BCUT2D eigenvalue weighted by atomic mass is 16.5. The van der Waals surface area contributed by atoms with Crippen molar-refractivity contribution in [3.63, 3.8) is 0 Å². The van der Waals surface area contributed by atoms with E-state index in [0.717, 1.165) is 27.9 Å². The van der Waals surface area contributed by atoms with Gasteiger partial charge < -0.3 is 19.5 Å². The number of nitrogens with zero attached hydrogens (tertiary/aromatic N) is 1. The van der Waals surface area contributed by atoms with Crippen LogP contribution in [0.5, 0.6) is 11.5 Å². The van der Waals surface area contributed by atoms with Crippen LogP contribution in [0.3, 0.4) is 0 Å². The van der Waals surface area contributed by atoms with Crippen molar-refractivity contribution in [1.29, 1.82) is 0 Å². The van der Waals surface area contributed by atoms with Gasteiger partial charge in [0.2, 0.25) is 0 Å². The van der Waals surface area contributed by atoms with Crippen molar-refractivity contribution >= 4 is 16.8 Å². The Morgan fingerprint density at radius 1 is 1.15 bits per heavy atom. The number of hydrogen-bond donors (Lipinski definition) is 2. The molecule has 0 radical (unpaired) electrons. The lowest BCUT2D eigenvalue weighted by molar-refractivity contribution is -0.123. The van der Waals surface area contributed by atoms with Crippen LogP contribution in [0.4, 0.5) is 0 Å². The summed E-state index contributed by atoms with van der Waals surface area (Å²) >= 11 is 0. The Bertz CT molecular complexity index is 937. The van der Waals surface area contributed by atoms with E-state index in [1.807, 2.05) is 42.5 Å². The Labute approximate surface area is 150 Å². The molecule has 7 heteroatoms. The molecule has 2 aromatic carbocycles. The molecule has 1 aromatic heterocycles. The number of aromatic nitrogens is 2. The van der Waals surface area contributed by atoms with Crippen LogP contribution in [0, 0.1) is 0 Å². The number of hydrogen-bond acceptors (Lipinski definition) is 5. The van der Waals surface area contributed by atoms with Crippen molar-refractivity contribution in [1.82, 2.24) is 15.5 Å². The van der Waals surface area contributed by atoms with Crippen LogP contribution >= 0.6 is 0 Å². The quantitative estimate of drug-likeness (QED) is 0.700. The fraction of sp³-hybridized carbons (Fsp3) is 0.263. The summed E-state index contributed by atoms with van der Waals surface area (Å²) in [6.45, 7) is 0.604. The molecule has 0 saturated carbocycles. The highest BCUT2D eigenvalue weighted by Crippen LogP contribution is 2.31. The Hall–Kier alpha value is -3.06. The molecular formula is C19H19N3O4. The predicted molar refractivity (Wildman–Crippen MR) is 96.3 cm³/mol. The normalized spacial score (nSPS) is 17.7. The van der Waals surface area contributed by atoms with Gasteiger partial charge in [0, 0.05) is 24.6 Å². The molecule has 4 bridgehead atoms. The van der Waals surface area contributed by atoms with Crippen LogP contribution in [0.1, 0.15) is 0 Å². The molecule has 1 amide bonds. The highest BCUT2D eigenvalue weighted by Gasteiger charge is 2.14. The van der Waals surface area contributed by atoms with Crippen LogP contribution in [-0.2, 0) is 9.53 Å². The monoisotopic (exact) mass is 353 g/mol. The first-order valence-corrected chi connectivity index (χ1v) is 8.36. The summed E-state index contributed by atoms with van der Waals surface area (Å²) in [7, 11) is 1.59. The molecule has 4 rings (SSSR count). The molecule has 0 spiro atoms. The molecule has 3 aromatic rings. The van der Waals surface area contributed by atoms with E-state index < -0.39 is 0 Å². The summed E-state index contributed by atoms with van der Waals surface area (Å²) in [5.41, 5.74) is 2.62. The summed E-state index contributed by atoms with van der Waals surface area (Å²) in [6.07, 6.45) is -0.260. The van der Waals surface area contributed by atoms with Crippen molar-refractivity contribution in [3.05, 3.63) is 42.5 Å². The van der Waals surface area contributed by atoms with Crippen LogP contribution in [0.2, 0.25) is 0 Å². The van der Waals surface area contributed by atoms with Crippen molar-refractivity contribution in [3.8, 4) is 22.8 Å². The third-order valence-electron chi connectivity index (χ3n) is 4.31. The number of benzene rings is 2. The fourth-order valence-electron chi connectivity index (χ4n) is 2.86. The summed E-state index contributed by atoms with van der Waals surface area (Å²) in [5.74, 6) is 1.12. The molecule has 1 atom stereocenters. The van der Waals surface area contributed by atoms with Crippen LogP contribution < -0.4 is 14.8 Å². The van der Waals surface area contributed by atoms with Gasteiger partial charge in [-0.2, -0.15) is 5.10 Å². The molecule has 1 aliphatic heterocycles. The van der Waals surface area contributed by atoms with E-state index in [4.69, 9.17) is 14.2 Å². The number of ether oxygens (including phenoxy) is 3. The van der Waals surface area contributed by atoms with Gasteiger partial charge in [0.05, 0.1) is 5.52 Å². The first-order chi connectivity index (χ1) is 12.7. The van der Waals surface area contributed by atoms with Crippen molar-refractivity contribution in [2.45, 2.75) is 6.10 Å². The van der Waals surface area contributed by atoms with Crippen LogP contribution in [0.15, 0.2) is 42.5 Å². The number of carbonyl (C=O) groups is 1. The lowest BCUT2D eigenvalue weighted by Crippen LogP contribution is -2.38. The van der Waals surface area contributed by atoms with Gasteiger partial charge in [-0.3, -0.25) is 9.89 Å². The van der Waals surface area contributed by atoms with E-state index in [-0.39, 0.29) is 18.6 Å². The number of fused-ring (bicyclic) bond motifs is 4. The van der Waals surface area contributed by atoms with E-state index in [2.05, 4.69) is 15.5 Å². The van der Waals surface area contributed by atoms with E-state index >= 15 is 0 Å². The zero-order chi connectivity index (χ0) is 17.9. The fourth-order valence-corrected chi connectivity index (χ4v) is 2.86. The standard InChI is InChI=1S/C19H19N3O4/c1-24-15-9-20-18(23)11-26-13-4-2-3-12(7-13)19-16-8-14(25-10-15)5-6-17(16)21-22-19/h2-8,15H,9-11H2,1H3,(H,20,23)(H,21,22). The molecule has 0 aliphatic carbocycles. The van der Waals surface area contributed by atoms with Gasteiger partial charge in [-0.25, -0.2) is 0 Å². The zero-order valence-corrected chi connectivity index (χ0v) is 14.3. The maximum atomic E-state index is 12.0. The first kappa shape index (κ1) is 16.4. The minimum atomic E-state index is -0.260. The van der Waals surface area contributed by atoms with E-state index in [1.54, 1.807) is 7.11 Å². The lowest BCUT2D eigenvalue weighted by Gasteiger charge is -2.17. The number of H-pyrrole nitrogens is 1. The van der Waals surface area contributed by atoms with E-state index in [1.165, 1.54) is 0 Å². The largest absolute Gasteiger partial charge is 0.491 e. The summed E-state index contributed by atoms with van der Waals surface area (Å²) in [5, 5.41) is 11.2. The second-order valence-electron chi connectivity index (χ2n) is 6.07. The smallest absolute Gasteiger partial charge is 0.258 e. The maximum absolute atomic E-state index is 12.0. The Kier molecular flexibility index (Phi) is 4.45. The molecule has 0 fully saturated rings.